The number of para-hydroxylation sites is 1. The minimum absolute atomic E-state index is 0.194. The van der Waals surface area contributed by atoms with Crippen molar-refractivity contribution in [1.29, 1.82) is 0 Å². The molecule has 0 aliphatic carbocycles. The van der Waals surface area contributed by atoms with E-state index in [1.54, 1.807) is 24.3 Å². The Balaban J connectivity index is 2.02. The normalized spacial score (nSPS) is 19.7. The zero-order chi connectivity index (χ0) is 18.2. The number of anilines is 1. The molecule has 1 atom stereocenters. The van der Waals surface area contributed by atoms with Crippen LogP contribution in [0.5, 0.6) is 0 Å². The highest BCUT2D eigenvalue weighted by atomic mass is 35.5. The van der Waals surface area contributed by atoms with Gasteiger partial charge in [-0.25, -0.2) is 0 Å². The Bertz CT molecular complexity index is 848. The van der Waals surface area contributed by atoms with Crippen molar-refractivity contribution in [3.8, 4) is 0 Å². The van der Waals surface area contributed by atoms with Gasteiger partial charge < -0.3 is 4.90 Å². The molecule has 130 valence electrons. The number of aliphatic imine (C=N–C) groups is 1. The van der Waals surface area contributed by atoms with Crippen LogP contribution in [0.15, 0.2) is 53.5 Å². The Morgan fingerprint density at radius 3 is 2.52 bits per heavy atom. The van der Waals surface area contributed by atoms with Gasteiger partial charge in [0, 0.05) is 12.8 Å². The zero-order valence-corrected chi connectivity index (χ0v) is 14.0. The smallest absolute Gasteiger partial charge is 0.304 e. The summed E-state index contributed by atoms with van der Waals surface area (Å²) in [6.07, 6.45) is -4.47. The first-order chi connectivity index (χ1) is 11.8. The Labute approximate surface area is 147 Å². The van der Waals surface area contributed by atoms with Gasteiger partial charge in [-0.2, -0.15) is 13.2 Å². The van der Waals surface area contributed by atoms with Crippen molar-refractivity contribution in [2.45, 2.75) is 12.1 Å². The zero-order valence-electron chi connectivity index (χ0n) is 13.2. The van der Waals surface area contributed by atoms with Crippen LogP contribution in [0.25, 0.3) is 0 Å². The Kier molecular flexibility index (Phi) is 4.56. The van der Waals surface area contributed by atoms with Crippen molar-refractivity contribution < 1.29 is 18.0 Å². The molecule has 0 aromatic heterocycles. The van der Waals surface area contributed by atoms with Crippen LogP contribution in [0, 0.1) is 0 Å². The number of carbonyl (C=O) groups is 1. The molecule has 0 spiro atoms. The molecule has 2 aromatic carbocycles. The first-order valence-electron chi connectivity index (χ1n) is 7.51. The predicted molar refractivity (Wildman–Crippen MR) is 91.3 cm³/mol. The lowest BCUT2D eigenvalue weighted by Crippen LogP contribution is -2.26. The van der Waals surface area contributed by atoms with Gasteiger partial charge in [-0.3, -0.25) is 9.79 Å². The van der Waals surface area contributed by atoms with Gasteiger partial charge in [0.05, 0.1) is 22.8 Å². The summed E-state index contributed by atoms with van der Waals surface area (Å²) in [5.41, 5.74) is 0.508. The second-order valence-corrected chi connectivity index (χ2v) is 6.05. The van der Waals surface area contributed by atoms with Gasteiger partial charge >= 0.3 is 6.18 Å². The van der Waals surface area contributed by atoms with Crippen LogP contribution in [-0.4, -0.2) is 25.2 Å². The molecule has 25 heavy (non-hydrogen) atoms. The summed E-state index contributed by atoms with van der Waals surface area (Å²) in [6.45, 7) is 0.194. The summed E-state index contributed by atoms with van der Waals surface area (Å²) >= 11 is 6.16. The SMILES string of the molecule is CN=C1CN(c2ccccc2Cl)C(=O)C1c1cccc(C(F)(F)F)c1. The number of hydrogen-bond acceptors (Lipinski definition) is 2. The molecule has 1 saturated heterocycles. The molecule has 7 heteroatoms. The molecule has 0 bridgehead atoms. The molecule has 3 rings (SSSR count). The van der Waals surface area contributed by atoms with Crippen molar-refractivity contribution in [3.63, 3.8) is 0 Å². The lowest BCUT2D eigenvalue weighted by atomic mass is 9.94. The first-order valence-corrected chi connectivity index (χ1v) is 7.89. The topological polar surface area (TPSA) is 32.7 Å². The van der Waals surface area contributed by atoms with Crippen LogP contribution in [-0.2, 0) is 11.0 Å². The number of rotatable bonds is 2. The third-order valence-corrected chi connectivity index (χ3v) is 4.46. The second kappa shape index (κ2) is 6.52. The van der Waals surface area contributed by atoms with E-state index in [1.807, 2.05) is 0 Å². The van der Waals surface area contributed by atoms with Gasteiger partial charge in [-0.15, -0.1) is 0 Å². The molecule has 1 unspecified atom stereocenters. The molecule has 0 radical (unpaired) electrons. The van der Waals surface area contributed by atoms with Gasteiger partial charge in [0.15, 0.2) is 0 Å². The van der Waals surface area contributed by atoms with Crippen LogP contribution in [0.2, 0.25) is 5.02 Å². The molecule has 1 fully saturated rings. The van der Waals surface area contributed by atoms with Crippen molar-refractivity contribution in [2.24, 2.45) is 4.99 Å². The number of benzene rings is 2. The summed E-state index contributed by atoms with van der Waals surface area (Å²) in [7, 11) is 1.53. The molecule has 1 heterocycles. The molecule has 3 nitrogen and oxygen atoms in total. The Morgan fingerprint density at radius 1 is 1.16 bits per heavy atom. The fourth-order valence-corrected chi connectivity index (χ4v) is 3.17. The summed E-state index contributed by atoms with van der Waals surface area (Å²) in [6, 6.07) is 11.6. The highest BCUT2D eigenvalue weighted by Gasteiger charge is 2.40. The monoisotopic (exact) mass is 366 g/mol. The van der Waals surface area contributed by atoms with E-state index in [-0.39, 0.29) is 18.0 Å². The number of alkyl halides is 3. The summed E-state index contributed by atoms with van der Waals surface area (Å²) in [4.78, 5) is 18.5. The fourth-order valence-electron chi connectivity index (χ4n) is 2.93. The maximum absolute atomic E-state index is 13.0. The van der Waals surface area contributed by atoms with E-state index in [1.165, 1.54) is 24.1 Å². The van der Waals surface area contributed by atoms with Crippen LogP contribution in [0.3, 0.4) is 0 Å². The number of halogens is 4. The van der Waals surface area contributed by atoms with Crippen LogP contribution in [0.1, 0.15) is 17.0 Å². The van der Waals surface area contributed by atoms with Crippen LogP contribution < -0.4 is 4.90 Å². The average Bonchev–Trinajstić information content (AvgIpc) is 2.91. The maximum atomic E-state index is 13.0. The maximum Gasteiger partial charge on any atom is 0.416 e. The minimum atomic E-state index is -4.47. The minimum Gasteiger partial charge on any atom is -0.304 e. The van der Waals surface area contributed by atoms with Crippen LogP contribution in [0.4, 0.5) is 18.9 Å². The van der Waals surface area contributed by atoms with E-state index in [0.717, 1.165) is 12.1 Å². The van der Waals surface area contributed by atoms with Crippen molar-refractivity contribution >= 4 is 28.9 Å². The molecular formula is C18H14ClF3N2O. The molecule has 1 aliphatic heterocycles. The quantitative estimate of drug-likeness (QED) is 0.767. The van der Waals surface area contributed by atoms with E-state index in [2.05, 4.69) is 4.99 Å². The van der Waals surface area contributed by atoms with Crippen LogP contribution >= 0.6 is 11.6 Å². The van der Waals surface area contributed by atoms with Crippen molar-refractivity contribution in [3.05, 3.63) is 64.7 Å². The van der Waals surface area contributed by atoms with Gasteiger partial charge in [0.25, 0.3) is 0 Å². The highest BCUT2D eigenvalue weighted by Crippen LogP contribution is 2.36. The summed E-state index contributed by atoms with van der Waals surface area (Å²) in [5, 5.41) is 0.399. The van der Waals surface area contributed by atoms with E-state index in [4.69, 9.17) is 11.6 Å². The second-order valence-electron chi connectivity index (χ2n) is 5.65. The van der Waals surface area contributed by atoms with Gasteiger partial charge in [-0.05, 0) is 23.8 Å². The molecule has 1 aliphatic rings. The third-order valence-electron chi connectivity index (χ3n) is 4.14. The van der Waals surface area contributed by atoms with E-state index in [0.29, 0.717) is 16.4 Å². The van der Waals surface area contributed by atoms with E-state index < -0.39 is 17.7 Å². The number of nitrogens with zero attached hydrogens (tertiary/aromatic N) is 2. The number of hydrogen-bond donors (Lipinski definition) is 0. The largest absolute Gasteiger partial charge is 0.416 e. The van der Waals surface area contributed by atoms with E-state index >= 15 is 0 Å². The molecule has 1 amide bonds. The summed E-state index contributed by atoms with van der Waals surface area (Å²) < 4.78 is 38.9. The standard InChI is InChI=1S/C18H14ClF3N2O/c1-23-14-10-24(15-8-3-2-7-13(15)19)17(25)16(14)11-5-4-6-12(9-11)18(20,21)22/h2-9,16H,10H2,1H3. The average molecular weight is 367 g/mol. The lowest BCUT2D eigenvalue weighted by Gasteiger charge is -2.18. The first kappa shape index (κ1) is 17.5. The molecule has 0 N–H and O–H groups in total. The van der Waals surface area contributed by atoms with Gasteiger partial charge in [-0.1, -0.05) is 41.9 Å². The lowest BCUT2D eigenvalue weighted by molar-refractivity contribution is -0.137. The third kappa shape index (κ3) is 3.26. The highest BCUT2D eigenvalue weighted by molar-refractivity contribution is 6.35. The van der Waals surface area contributed by atoms with Crippen molar-refractivity contribution in [1.82, 2.24) is 0 Å². The van der Waals surface area contributed by atoms with Gasteiger partial charge in [0.1, 0.15) is 5.92 Å². The Morgan fingerprint density at radius 2 is 1.88 bits per heavy atom. The summed E-state index contributed by atoms with van der Waals surface area (Å²) in [5.74, 6) is -1.18. The molecule has 2 aromatic rings. The van der Waals surface area contributed by atoms with Gasteiger partial charge in [0.2, 0.25) is 5.91 Å². The molecule has 0 saturated carbocycles. The van der Waals surface area contributed by atoms with Crippen molar-refractivity contribution in [2.75, 3.05) is 18.5 Å². The van der Waals surface area contributed by atoms with E-state index in [9.17, 15) is 18.0 Å². The fraction of sp³-hybridized carbons (Fsp3) is 0.222. The number of amides is 1. The molecular weight excluding hydrogens is 353 g/mol. The predicted octanol–water partition coefficient (Wildman–Crippen LogP) is 4.56. The Hall–Kier alpha value is -2.34. The number of carbonyl (C=O) groups excluding carboxylic acids is 1.